The second kappa shape index (κ2) is 5.96. The Bertz CT molecular complexity index is 413. The summed E-state index contributed by atoms with van der Waals surface area (Å²) in [6, 6.07) is 6.94. The highest BCUT2D eigenvalue weighted by Crippen LogP contribution is 2.17. The largest absolute Gasteiger partial charge is 0.494 e. The third-order valence-corrected chi connectivity index (χ3v) is 2.85. The predicted molar refractivity (Wildman–Crippen MR) is 62.7 cm³/mol. The van der Waals surface area contributed by atoms with Gasteiger partial charge in [-0.1, -0.05) is 0 Å². The maximum atomic E-state index is 10.6. The topological polar surface area (TPSA) is 52.6 Å². The fourth-order valence-electron chi connectivity index (χ4n) is 1.06. The van der Waals surface area contributed by atoms with Gasteiger partial charge in [-0.15, -0.1) is 0 Å². The van der Waals surface area contributed by atoms with Gasteiger partial charge in [-0.3, -0.25) is 0 Å². The van der Waals surface area contributed by atoms with E-state index in [4.69, 9.17) is 20.2 Å². The molecule has 0 spiro atoms. The van der Waals surface area contributed by atoms with Crippen LogP contribution in [-0.2, 0) is 9.05 Å². The van der Waals surface area contributed by atoms with Crippen molar-refractivity contribution in [2.45, 2.75) is 6.92 Å². The Hall–Kier alpha value is -0.940. The molecule has 16 heavy (non-hydrogen) atoms. The Kier molecular flexibility index (Phi) is 4.89. The number of rotatable bonds is 6. The summed E-state index contributed by atoms with van der Waals surface area (Å²) in [4.78, 5) is 0. The number of hydrogen-bond donors (Lipinski definition) is 0. The molecule has 0 fully saturated rings. The molecule has 0 heterocycles. The molecule has 1 rings (SSSR count). The van der Waals surface area contributed by atoms with Crippen molar-refractivity contribution < 1.29 is 17.9 Å². The average molecular weight is 265 g/mol. The molecule has 0 aliphatic rings. The molecule has 0 aromatic heterocycles. The van der Waals surface area contributed by atoms with Crippen molar-refractivity contribution in [1.29, 1.82) is 0 Å². The lowest BCUT2D eigenvalue weighted by Crippen LogP contribution is -2.08. The van der Waals surface area contributed by atoms with Gasteiger partial charge in [-0.2, -0.15) is 0 Å². The summed E-state index contributed by atoms with van der Waals surface area (Å²) in [6.07, 6.45) is 0. The van der Waals surface area contributed by atoms with Gasteiger partial charge >= 0.3 is 0 Å². The zero-order valence-corrected chi connectivity index (χ0v) is 10.4. The fraction of sp³-hybridized carbons (Fsp3) is 0.400. The van der Waals surface area contributed by atoms with E-state index in [9.17, 15) is 8.42 Å². The second-order valence-electron chi connectivity index (χ2n) is 3.00. The summed E-state index contributed by atoms with van der Waals surface area (Å²) in [5, 5.41) is 0. The van der Waals surface area contributed by atoms with Gasteiger partial charge in [0.1, 0.15) is 18.1 Å². The van der Waals surface area contributed by atoms with Gasteiger partial charge in [0.05, 0.1) is 12.4 Å². The minimum atomic E-state index is -3.49. The highest BCUT2D eigenvalue weighted by molar-refractivity contribution is 8.13. The number of hydrogen-bond acceptors (Lipinski definition) is 4. The first-order valence-electron chi connectivity index (χ1n) is 4.79. The van der Waals surface area contributed by atoms with Gasteiger partial charge < -0.3 is 9.47 Å². The first-order chi connectivity index (χ1) is 7.51. The van der Waals surface area contributed by atoms with Crippen LogP contribution < -0.4 is 9.47 Å². The van der Waals surface area contributed by atoms with Crippen molar-refractivity contribution in [3.05, 3.63) is 24.3 Å². The van der Waals surface area contributed by atoms with E-state index in [0.29, 0.717) is 12.4 Å². The molecular formula is C10H13ClO4S. The predicted octanol–water partition coefficient (Wildman–Crippen LogP) is 2.03. The first-order valence-corrected chi connectivity index (χ1v) is 7.27. The monoisotopic (exact) mass is 264 g/mol. The summed E-state index contributed by atoms with van der Waals surface area (Å²) in [7, 11) is 1.55. The molecule has 1 aromatic rings. The molecule has 0 radical (unpaired) electrons. The molecule has 6 heteroatoms. The molecule has 4 nitrogen and oxygen atoms in total. The third-order valence-electron chi connectivity index (χ3n) is 1.73. The number of halogens is 1. The van der Waals surface area contributed by atoms with Crippen LogP contribution in [0, 0.1) is 0 Å². The van der Waals surface area contributed by atoms with Crippen LogP contribution in [0.1, 0.15) is 6.92 Å². The van der Waals surface area contributed by atoms with Crippen molar-refractivity contribution >= 4 is 19.7 Å². The summed E-state index contributed by atoms with van der Waals surface area (Å²) in [6.45, 7) is 2.54. The second-order valence-corrected chi connectivity index (χ2v) is 5.89. The summed E-state index contributed by atoms with van der Waals surface area (Å²) in [5.41, 5.74) is 0. The van der Waals surface area contributed by atoms with Gasteiger partial charge in [0, 0.05) is 10.7 Å². The van der Waals surface area contributed by atoms with Crippen LogP contribution in [0.2, 0.25) is 0 Å². The van der Waals surface area contributed by atoms with E-state index in [2.05, 4.69) is 0 Å². The molecular weight excluding hydrogens is 252 g/mol. The lowest BCUT2D eigenvalue weighted by Gasteiger charge is -2.06. The Labute approximate surface area is 99.6 Å². The SMILES string of the molecule is CCOc1ccc(OCCS(=O)(=O)Cl)cc1. The van der Waals surface area contributed by atoms with E-state index in [1.165, 1.54) is 0 Å². The van der Waals surface area contributed by atoms with Crippen LogP contribution in [-0.4, -0.2) is 27.4 Å². The molecule has 0 saturated heterocycles. The van der Waals surface area contributed by atoms with Crippen molar-refractivity contribution in [2.24, 2.45) is 0 Å². The standard InChI is InChI=1S/C10H13ClO4S/c1-2-14-9-3-5-10(6-4-9)15-7-8-16(11,12)13/h3-6H,2,7-8H2,1H3. The van der Waals surface area contributed by atoms with Gasteiger partial charge in [0.15, 0.2) is 0 Å². The molecule has 0 unspecified atom stereocenters. The minimum absolute atomic E-state index is 0.0415. The molecule has 0 amide bonds. The lowest BCUT2D eigenvalue weighted by molar-refractivity contribution is 0.331. The van der Waals surface area contributed by atoms with E-state index < -0.39 is 9.05 Å². The summed E-state index contributed by atoms with van der Waals surface area (Å²) < 4.78 is 31.7. The van der Waals surface area contributed by atoms with Crippen molar-refractivity contribution in [3.63, 3.8) is 0 Å². The van der Waals surface area contributed by atoms with Gasteiger partial charge in [-0.25, -0.2) is 8.42 Å². The van der Waals surface area contributed by atoms with E-state index in [0.717, 1.165) is 5.75 Å². The van der Waals surface area contributed by atoms with Crippen LogP contribution >= 0.6 is 10.7 Å². The quantitative estimate of drug-likeness (QED) is 0.738. The van der Waals surface area contributed by atoms with Crippen molar-refractivity contribution in [1.82, 2.24) is 0 Å². The minimum Gasteiger partial charge on any atom is -0.494 e. The van der Waals surface area contributed by atoms with Crippen LogP contribution in [0.25, 0.3) is 0 Å². The van der Waals surface area contributed by atoms with Gasteiger partial charge in [-0.05, 0) is 31.2 Å². The van der Waals surface area contributed by atoms with Gasteiger partial charge in [0.25, 0.3) is 0 Å². The molecule has 0 saturated carbocycles. The molecule has 0 aliphatic carbocycles. The van der Waals surface area contributed by atoms with Crippen molar-refractivity contribution in [2.75, 3.05) is 19.0 Å². The van der Waals surface area contributed by atoms with Crippen LogP contribution in [0.15, 0.2) is 24.3 Å². The average Bonchev–Trinajstić information content (AvgIpc) is 2.19. The molecule has 0 N–H and O–H groups in total. The fourth-order valence-corrected chi connectivity index (χ4v) is 1.53. The molecule has 90 valence electrons. The Morgan fingerprint density at radius 1 is 1.12 bits per heavy atom. The van der Waals surface area contributed by atoms with Gasteiger partial charge in [0.2, 0.25) is 9.05 Å². The van der Waals surface area contributed by atoms with E-state index >= 15 is 0 Å². The van der Waals surface area contributed by atoms with E-state index in [1.807, 2.05) is 6.92 Å². The maximum absolute atomic E-state index is 10.6. The number of ether oxygens (including phenoxy) is 2. The van der Waals surface area contributed by atoms with Crippen LogP contribution in [0.3, 0.4) is 0 Å². The summed E-state index contributed by atoms with van der Waals surface area (Å²) in [5.74, 6) is 1.13. The van der Waals surface area contributed by atoms with Crippen molar-refractivity contribution in [3.8, 4) is 11.5 Å². The molecule has 1 aromatic carbocycles. The molecule has 0 atom stereocenters. The molecule has 0 bridgehead atoms. The van der Waals surface area contributed by atoms with E-state index in [-0.39, 0.29) is 12.4 Å². The normalized spacial score (nSPS) is 11.1. The van der Waals surface area contributed by atoms with Crippen LogP contribution in [0.5, 0.6) is 11.5 Å². The van der Waals surface area contributed by atoms with Crippen LogP contribution in [0.4, 0.5) is 0 Å². The zero-order chi connectivity index (χ0) is 12.0. The Morgan fingerprint density at radius 3 is 2.06 bits per heavy atom. The Morgan fingerprint density at radius 2 is 1.62 bits per heavy atom. The number of benzene rings is 1. The summed E-state index contributed by atoms with van der Waals surface area (Å²) >= 11 is 0. The highest BCUT2D eigenvalue weighted by Gasteiger charge is 2.05. The van der Waals surface area contributed by atoms with E-state index in [1.54, 1.807) is 24.3 Å². The first kappa shape index (κ1) is 13.1. The lowest BCUT2D eigenvalue weighted by atomic mass is 10.3. The zero-order valence-electron chi connectivity index (χ0n) is 8.85. The Balaban J connectivity index is 2.43. The maximum Gasteiger partial charge on any atom is 0.235 e. The highest BCUT2D eigenvalue weighted by atomic mass is 35.7. The third kappa shape index (κ3) is 5.23. The molecule has 0 aliphatic heterocycles. The smallest absolute Gasteiger partial charge is 0.235 e.